The second kappa shape index (κ2) is 30.8. The standard InChI is InChI=1S/C42H77N3O15P2/c1-5-32(3)23-19-15-11-7-9-13-17-21-25-37(46)55-29-34(58-38(47)26-22-18-14-10-8-12-16-20-24-33(4)6-2)30-56-61(51,52)60-62(53,54)57-31-35-39(48)40(49)41(59-35)45-28-27-36(43)44-42(45)50/h27-28,32-35,39-41,48-49H,5-26,29-31H2,1-4H3,(H,51,52)(H,53,54)(H2,43,44,50)/t32?,33?,34-,35-,39+,40?,41-/m1/s1. The molecule has 0 aliphatic carbocycles. The van der Waals surface area contributed by atoms with Gasteiger partial charge in [0.25, 0.3) is 0 Å². The molecule has 2 rings (SSSR count). The molecule has 1 aliphatic rings. The summed E-state index contributed by atoms with van der Waals surface area (Å²) in [7, 11) is -10.8. The average molecular weight is 926 g/mol. The van der Waals surface area contributed by atoms with Gasteiger partial charge in [0, 0.05) is 19.0 Å². The Morgan fingerprint density at radius 3 is 1.76 bits per heavy atom. The van der Waals surface area contributed by atoms with E-state index >= 15 is 0 Å². The minimum atomic E-state index is -5.41. The molecule has 0 radical (unpaired) electrons. The van der Waals surface area contributed by atoms with Crippen LogP contribution in [0.4, 0.5) is 5.82 Å². The molecule has 5 unspecified atom stereocenters. The van der Waals surface area contributed by atoms with Gasteiger partial charge in [-0.15, -0.1) is 0 Å². The molecule has 1 aliphatic heterocycles. The number of esters is 2. The number of carbonyl (C=O) groups is 2. The van der Waals surface area contributed by atoms with Crippen LogP contribution in [0.3, 0.4) is 0 Å². The number of hydrogen-bond donors (Lipinski definition) is 5. The van der Waals surface area contributed by atoms with E-state index in [1.165, 1.54) is 70.3 Å². The highest BCUT2D eigenvalue weighted by Gasteiger charge is 2.46. The first kappa shape index (κ1) is 55.9. The van der Waals surface area contributed by atoms with Crippen molar-refractivity contribution in [2.75, 3.05) is 25.6 Å². The first-order valence-electron chi connectivity index (χ1n) is 22.8. The predicted octanol–water partition coefficient (Wildman–Crippen LogP) is 8.04. The van der Waals surface area contributed by atoms with E-state index < -0.39 is 83.7 Å². The predicted molar refractivity (Wildman–Crippen MR) is 234 cm³/mol. The van der Waals surface area contributed by atoms with E-state index in [1.54, 1.807) is 0 Å². The molecule has 0 spiro atoms. The van der Waals surface area contributed by atoms with Crippen LogP contribution >= 0.6 is 15.6 Å². The fraction of sp³-hybridized carbons (Fsp3) is 0.857. The number of aromatic nitrogens is 2. The van der Waals surface area contributed by atoms with Crippen molar-refractivity contribution in [3.8, 4) is 0 Å². The number of unbranched alkanes of at least 4 members (excludes halogenated alkanes) is 14. The van der Waals surface area contributed by atoms with Crippen molar-refractivity contribution < 1.29 is 66.3 Å². The molecule has 2 heterocycles. The van der Waals surface area contributed by atoms with Crippen LogP contribution in [0.5, 0.6) is 0 Å². The molecule has 360 valence electrons. The summed E-state index contributed by atoms with van der Waals surface area (Å²) in [5.41, 5.74) is 4.58. The number of nitrogen functional groups attached to an aromatic ring is 1. The lowest BCUT2D eigenvalue weighted by atomic mass is 9.99. The van der Waals surface area contributed by atoms with Gasteiger partial charge >= 0.3 is 33.3 Å². The van der Waals surface area contributed by atoms with Gasteiger partial charge in [0.05, 0.1) is 13.2 Å². The number of nitrogens with zero attached hydrogens (tertiary/aromatic N) is 2. The Labute approximate surface area is 368 Å². The summed E-state index contributed by atoms with van der Waals surface area (Å²) in [4.78, 5) is 61.6. The van der Waals surface area contributed by atoms with Gasteiger partial charge in [0.1, 0.15) is 30.7 Å². The third kappa shape index (κ3) is 24.2. The van der Waals surface area contributed by atoms with Gasteiger partial charge in [-0.3, -0.25) is 23.2 Å². The van der Waals surface area contributed by atoms with Crippen LogP contribution in [0.15, 0.2) is 17.1 Å². The van der Waals surface area contributed by atoms with E-state index in [9.17, 15) is 43.5 Å². The van der Waals surface area contributed by atoms with Gasteiger partial charge in [0.15, 0.2) is 12.3 Å². The Morgan fingerprint density at radius 2 is 1.24 bits per heavy atom. The Bertz CT molecular complexity index is 1570. The highest BCUT2D eigenvalue weighted by Crippen LogP contribution is 2.60. The molecule has 1 aromatic rings. The molecule has 62 heavy (non-hydrogen) atoms. The van der Waals surface area contributed by atoms with Crippen molar-refractivity contribution in [3.63, 3.8) is 0 Å². The van der Waals surface area contributed by atoms with Crippen molar-refractivity contribution in [2.24, 2.45) is 11.8 Å². The van der Waals surface area contributed by atoms with E-state index in [4.69, 9.17) is 29.0 Å². The average Bonchev–Trinajstić information content (AvgIpc) is 3.50. The first-order valence-corrected chi connectivity index (χ1v) is 25.8. The van der Waals surface area contributed by atoms with E-state index in [0.717, 1.165) is 74.0 Å². The van der Waals surface area contributed by atoms with Crippen LogP contribution in [0.25, 0.3) is 0 Å². The number of phosphoric ester groups is 2. The number of aliphatic hydroxyl groups excluding tert-OH is 2. The first-order chi connectivity index (χ1) is 29.5. The highest BCUT2D eigenvalue weighted by molar-refractivity contribution is 7.61. The van der Waals surface area contributed by atoms with Gasteiger partial charge < -0.3 is 39.9 Å². The zero-order chi connectivity index (χ0) is 46.0. The molecule has 0 bridgehead atoms. The molecule has 0 aromatic carbocycles. The smallest absolute Gasteiger partial charge is 0.462 e. The summed E-state index contributed by atoms with van der Waals surface area (Å²) >= 11 is 0. The summed E-state index contributed by atoms with van der Waals surface area (Å²) in [6.45, 7) is 6.71. The van der Waals surface area contributed by atoms with Gasteiger partial charge in [0.2, 0.25) is 0 Å². The van der Waals surface area contributed by atoms with Crippen molar-refractivity contribution in [1.82, 2.24) is 9.55 Å². The molecule has 0 saturated carbocycles. The molecular weight excluding hydrogens is 848 g/mol. The lowest BCUT2D eigenvalue weighted by Gasteiger charge is -2.21. The highest BCUT2D eigenvalue weighted by atomic mass is 31.3. The number of hydrogen-bond acceptors (Lipinski definition) is 15. The van der Waals surface area contributed by atoms with Crippen LogP contribution in [0, 0.1) is 11.8 Å². The van der Waals surface area contributed by atoms with Crippen LogP contribution in [-0.4, -0.2) is 85.7 Å². The monoisotopic (exact) mass is 925 g/mol. The fourth-order valence-corrected chi connectivity index (χ4v) is 9.02. The summed E-state index contributed by atoms with van der Waals surface area (Å²) in [6.07, 6.45) is 15.1. The maximum Gasteiger partial charge on any atom is 0.481 e. The van der Waals surface area contributed by atoms with Crippen molar-refractivity contribution in [1.29, 1.82) is 0 Å². The normalized spacial score (nSPS) is 21.2. The fourth-order valence-electron chi connectivity index (χ4n) is 6.91. The summed E-state index contributed by atoms with van der Waals surface area (Å²) in [6, 6.07) is 1.25. The van der Waals surface area contributed by atoms with Gasteiger partial charge in [-0.2, -0.15) is 9.29 Å². The maximum absolute atomic E-state index is 12.8. The lowest BCUT2D eigenvalue weighted by molar-refractivity contribution is -0.161. The van der Waals surface area contributed by atoms with Crippen LogP contribution < -0.4 is 11.4 Å². The van der Waals surface area contributed by atoms with Crippen molar-refractivity contribution in [2.45, 2.75) is 200 Å². The molecule has 9 atom stereocenters. The van der Waals surface area contributed by atoms with Crippen LogP contribution in [0.2, 0.25) is 0 Å². The molecule has 18 nitrogen and oxygen atoms in total. The largest absolute Gasteiger partial charge is 0.481 e. The second-order valence-electron chi connectivity index (χ2n) is 16.8. The summed E-state index contributed by atoms with van der Waals surface area (Å²) in [5.74, 6) is 0.249. The zero-order valence-corrected chi connectivity index (χ0v) is 39.3. The van der Waals surface area contributed by atoms with Crippen molar-refractivity contribution in [3.05, 3.63) is 22.7 Å². The van der Waals surface area contributed by atoms with E-state index in [1.807, 2.05) is 0 Å². The van der Waals surface area contributed by atoms with E-state index in [2.05, 4.69) is 37.0 Å². The minimum Gasteiger partial charge on any atom is -0.462 e. The summed E-state index contributed by atoms with van der Waals surface area (Å²) < 4.78 is 56.6. The molecule has 6 N–H and O–H groups in total. The SMILES string of the molecule is CCC(C)CCCCCCCCCCC(=O)OC[C@H](COP(=O)(O)OP(=O)(O)OC[C@H]1O[C@@H](n2ccc(N)nc2=O)C(O)[C@H]1O)OC(=O)CCCCCCCCCCC(C)CC. The third-order valence-electron chi connectivity index (χ3n) is 11.3. The number of carbonyl (C=O) groups excluding carboxylic acids is 2. The third-order valence-corrected chi connectivity index (χ3v) is 13.9. The quantitative estimate of drug-likeness (QED) is 0.0242. The number of rotatable bonds is 36. The molecule has 1 saturated heterocycles. The Kier molecular flexibility index (Phi) is 27.8. The van der Waals surface area contributed by atoms with E-state index in [0.29, 0.717) is 12.8 Å². The van der Waals surface area contributed by atoms with Gasteiger partial charge in [-0.1, -0.05) is 143 Å². The Hall–Kier alpha value is -2.24. The van der Waals surface area contributed by atoms with Gasteiger partial charge in [-0.25, -0.2) is 13.9 Å². The lowest BCUT2D eigenvalue weighted by Crippen LogP contribution is -2.36. The molecule has 0 amide bonds. The molecule has 1 aromatic heterocycles. The molecular formula is C42H77N3O15P2. The number of nitrogens with two attached hydrogens (primary N) is 1. The summed E-state index contributed by atoms with van der Waals surface area (Å²) in [5, 5.41) is 20.8. The zero-order valence-electron chi connectivity index (χ0n) is 37.5. The number of ether oxygens (including phenoxy) is 3. The number of anilines is 1. The van der Waals surface area contributed by atoms with Crippen molar-refractivity contribution >= 4 is 33.4 Å². The number of phosphoric acid groups is 2. The molecule has 20 heteroatoms. The minimum absolute atomic E-state index is 0.0539. The van der Waals surface area contributed by atoms with Crippen LogP contribution in [-0.2, 0) is 46.3 Å². The number of aliphatic hydroxyl groups is 2. The Morgan fingerprint density at radius 1 is 0.758 bits per heavy atom. The Balaban J connectivity index is 1.85. The molecule has 1 fully saturated rings. The topological polar surface area (TPSA) is 265 Å². The van der Waals surface area contributed by atoms with E-state index in [-0.39, 0.29) is 18.7 Å². The van der Waals surface area contributed by atoms with Crippen LogP contribution in [0.1, 0.15) is 175 Å². The maximum atomic E-state index is 12.8. The van der Waals surface area contributed by atoms with Gasteiger partial charge in [-0.05, 0) is 30.7 Å². The second-order valence-corrected chi connectivity index (χ2v) is 19.8.